The SMILES string of the molecule is CCOC(=O)CCNC(=O)CCNC(=O)Nc1ccc(C=NN)cc1. The summed E-state index contributed by atoms with van der Waals surface area (Å²) < 4.78 is 4.74. The highest BCUT2D eigenvalue weighted by Crippen LogP contribution is 2.07. The molecule has 1 rings (SSSR count). The Kier molecular flexibility index (Phi) is 9.13. The van der Waals surface area contributed by atoms with Gasteiger partial charge < -0.3 is 26.5 Å². The molecule has 9 heteroatoms. The summed E-state index contributed by atoms with van der Waals surface area (Å²) in [5.74, 6) is 4.44. The number of hydrogen-bond donors (Lipinski definition) is 4. The molecule has 0 radical (unpaired) electrons. The minimum Gasteiger partial charge on any atom is -0.466 e. The largest absolute Gasteiger partial charge is 0.466 e. The van der Waals surface area contributed by atoms with Crippen molar-refractivity contribution in [3.05, 3.63) is 29.8 Å². The van der Waals surface area contributed by atoms with Crippen molar-refractivity contribution in [1.82, 2.24) is 10.6 Å². The number of nitrogens with zero attached hydrogens (tertiary/aromatic N) is 1. The van der Waals surface area contributed by atoms with E-state index < -0.39 is 6.03 Å². The molecule has 0 atom stereocenters. The fourth-order valence-corrected chi connectivity index (χ4v) is 1.83. The van der Waals surface area contributed by atoms with Gasteiger partial charge in [-0.05, 0) is 24.6 Å². The molecule has 0 aliphatic carbocycles. The van der Waals surface area contributed by atoms with Crippen LogP contribution < -0.4 is 21.8 Å². The second-order valence-electron chi connectivity index (χ2n) is 4.94. The van der Waals surface area contributed by atoms with E-state index in [0.29, 0.717) is 12.3 Å². The van der Waals surface area contributed by atoms with Crippen molar-refractivity contribution >= 4 is 29.8 Å². The lowest BCUT2D eigenvalue weighted by atomic mass is 10.2. The lowest BCUT2D eigenvalue weighted by molar-refractivity contribution is -0.143. The summed E-state index contributed by atoms with van der Waals surface area (Å²) in [6.45, 7) is 2.42. The zero-order valence-corrected chi connectivity index (χ0v) is 14.1. The number of ether oxygens (including phenoxy) is 1. The maximum atomic E-state index is 11.7. The Morgan fingerprint density at radius 1 is 1.12 bits per heavy atom. The van der Waals surface area contributed by atoms with E-state index in [1.54, 1.807) is 31.2 Å². The number of hydrazone groups is 1. The van der Waals surface area contributed by atoms with Crippen molar-refractivity contribution in [2.75, 3.05) is 25.0 Å². The van der Waals surface area contributed by atoms with Gasteiger partial charge >= 0.3 is 12.0 Å². The normalized spacial score (nSPS) is 10.3. The summed E-state index contributed by atoms with van der Waals surface area (Å²) in [6.07, 6.45) is 1.73. The zero-order valence-electron chi connectivity index (χ0n) is 14.1. The number of nitrogens with one attached hydrogen (secondary N) is 3. The van der Waals surface area contributed by atoms with E-state index in [-0.39, 0.29) is 37.8 Å². The van der Waals surface area contributed by atoms with E-state index in [1.807, 2.05) is 0 Å². The summed E-state index contributed by atoms with van der Waals surface area (Å²) in [5.41, 5.74) is 1.42. The van der Waals surface area contributed by atoms with Crippen LogP contribution in [-0.4, -0.2) is 43.8 Å². The first kappa shape index (κ1) is 19.9. The molecule has 1 aromatic rings. The van der Waals surface area contributed by atoms with Crippen molar-refractivity contribution < 1.29 is 19.1 Å². The standard InChI is InChI=1S/C16H23N5O4/c1-2-25-15(23)8-10-18-14(22)7-9-19-16(24)21-13-5-3-12(4-6-13)11-20-17/h3-6,11H,2,7-10,17H2,1H3,(H,18,22)(H2,19,21,24). The second-order valence-corrected chi connectivity index (χ2v) is 4.94. The molecule has 0 unspecified atom stereocenters. The Bertz CT molecular complexity index is 601. The van der Waals surface area contributed by atoms with Crippen molar-refractivity contribution in [2.24, 2.45) is 10.9 Å². The number of esters is 1. The molecule has 9 nitrogen and oxygen atoms in total. The highest BCUT2D eigenvalue weighted by molar-refractivity contribution is 5.90. The third-order valence-electron chi connectivity index (χ3n) is 2.99. The fraction of sp³-hybridized carbons (Fsp3) is 0.375. The highest BCUT2D eigenvalue weighted by atomic mass is 16.5. The molecule has 3 amide bonds. The van der Waals surface area contributed by atoms with Crippen LogP contribution in [0.4, 0.5) is 10.5 Å². The van der Waals surface area contributed by atoms with Crippen LogP contribution in [0.25, 0.3) is 0 Å². The molecular formula is C16H23N5O4. The van der Waals surface area contributed by atoms with Crippen LogP contribution in [0.2, 0.25) is 0 Å². The first-order valence-electron chi connectivity index (χ1n) is 7.85. The number of hydrogen-bond acceptors (Lipinski definition) is 6. The monoisotopic (exact) mass is 349 g/mol. The van der Waals surface area contributed by atoms with Crippen LogP contribution >= 0.6 is 0 Å². The molecule has 0 aromatic heterocycles. The van der Waals surface area contributed by atoms with Gasteiger partial charge in [0.15, 0.2) is 0 Å². The van der Waals surface area contributed by atoms with E-state index in [1.165, 1.54) is 6.21 Å². The van der Waals surface area contributed by atoms with Crippen molar-refractivity contribution in [1.29, 1.82) is 0 Å². The second kappa shape index (κ2) is 11.4. The zero-order chi connectivity index (χ0) is 18.5. The fourth-order valence-electron chi connectivity index (χ4n) is 1.83. The Balaban J connectivity index is 2.19. The van der Waals surface area contributed by atoms with Gasteiger partial charge in [-0.15, -0.1) is 0 Å². The molecule has 0 aliphatic rings. The number of urea groups is 1. The van der Waals surface area contributed by atoms with Crippen molar-refractivity contribution in [3.8, 4) is 0 Å². The minimum absolute atomic E-state index is 0.113. The quantitative estimate of drug-likeness (QED) is 0.224. The first-order chi connectivity index (χ1) is 12.0. The maximum Gasteiger partial charge on any atom is 0.319 e. The number of nitrogens with two attached hydrogens (primary N) is 1. The van der Waals surface area contributed by atoms with Crippen LogP contribution in [0.5, 0.6) is 0 Å². The molecule has 1 aromatic carbocycles. The Labute approximate surface area is 146 Å². The number of carbonyl (C=O) groups is 3. The first-order valence-corrected chi connectivity index (χ1v) is 7.85. The number of amides is 3. The molecule has 0 spiro atoms. The predicted octanol–water partition coefficient (Wildman–Crippen LogP) is 0.560. The topological polar surface area (TPSA) is 135 Å². The van der Waals surface area contributed by atoms with Gasteiger partial charge in [-0.3, -0.25) is 9.59 Å². The average Bonchev–Trinajstić information content (AvgIpc) is 2.57. The molecule has 0 aliphatic heterocycles. The number of anilines is 1. The third-order valence-corrected chi connectivity index (χ3v) is 2.99. The third kappa shape index (κ3) is 8.94. The van der Waals surface area contributed by atoms with E-state index >= 15 is 0 Å². The lowest BCUT2D eigenvalue weighted by Crippen LogP contribution is -2.34. The summed E-state index contributed by atoms with van der Waals surface area (Å²) in [4.78, 5) is 34.4. The van der Waals surface area contributed by atoms with Crippen molar-refractivity contribution in [3.63, 3.8) is 0 Å². The molecule has 25 heavy (non-hydrogen) atoms. The molecule has 0 heterocycles. The minimum atomic E-state index is -0.417. The molecule has 0 saturated carbocycles. The average molecular weight is 349 g/mol. The van der Waals surface area contributed by atoms with Gasteiger partial charge in [-0.25, -0.2) is 4.79 Å². The highest BCUT2D eigenvalue weighted by Gasteiger charge is 2.06. The van der Waals surface area contributed by atoms with E-state index in [2.05, 4.69) is 21.1 Å². The summed E-state index contributed by atoms with van der Waals surface area (Å²) >= 11 is 0. The van der Waals surface area contributed by atoms with Gasteiger partial charge in [0.05, 0.1) is 19.2 Å². The van der Waals surface area contributed by atoms with E-state index in [4.69, 9.17) is 10.6 Å². The van der Waals surface area contributed by atoms with Gasteiger partial charge in [-0.1, -0.05) is 12.1 Å². The van der Waals surface area contributed by atoms with Crippen LogP contribution in [0.15, 0.2) is 29.4 Å². The van der Waals surface area contributed by atoms with Crippen LogP contribution in [0.3, 0.4) is 0 Å². The molecular weight excluding hydrogens is 326 g/mol. The van der Waals surface area contributed by atoms with E-state index in [9.17, 15) is 14.4 Å². The predicted molar refractivity (Wildman–Crippen MR) is 94.1 cm³/mol. The summed E-state index contributed by atoms with van der Waals surface area (Å²) in [6, 6.07) is 6.50. The molecule has 5 N–H and O–H groups in total. The summed E-state index contributed by atoms with van der Waals surface area (Å²) in [7, 11) is 0. The van der Waals surface area contributed by atoms with Gasteiger partial charge in [0.2, 0.25) is 5.91 Å². The molecule has 0 fully saturated rings. The van der Waals surface area contributed by atoms with Gasteiger partial charge in [-0.2, -0.15) is 5.10 Å². The maximum absolute atomic E-state index is 11.7. The molecule has 0 bridgehead atoms. The van der Waals surface area contributed by atoms with Crippen LogP contribution in [0.1, 0.15) is 25.3 Å². The number of carbonyl (C=O) groups excluding carboxylic acids is 3. The summed E-state index contributed by atoms with van der Waals surface area (Å²) in [5, 5.41) is 11.2. The lowest BCUT2D eigenvalue weighted by Gasteiger charge is -2.08. The smallest absolute Gasteiger partial charge is 0.319 e. The van der Waals surface area contributed by atoms with Crippen molar-refractivity contribution in [2.45, 2.75) is 19.8 Å². The number of benzene rings is 1. The Hall–Kier alpha value is -3.10. The van der Waals surface area contributed by atoms with Crippen LogP contribution in [-0.2, 0) is 14.3 Å². The van der Waals surface area contributed by atoms with Gasteiger partial charge in [0.1, 0.15) is 0 Å². The van der Waals surface area contributed by atoms with Gasteiger partial charge in [0.25, 0.3) is 0 Å². The van der Waals surface area contributed by atoms with Crippen LogP contribution in [0, 0.1) is 0 Å². The molecule has 0 saturated heterocycles. The Morgan fingerprint density at radius 2 is 1.80 bits per heavy atom. The molecule has 136 valence electrons. The number of rotatable bonds is 9. The Morgan fingerprint density at radius 3 is 2.44 bits per heavy atom. The van der Waals surface area contributed by atoms with E-state index in [0.717, 1.165) is 5.56 Å². The van der Waals surface area contributed by atoms with Gasteiger partial charge in [0, 0.05) is 25.2 Å².